The van der Waals surface area contributed by atoms with Crippen molar-refractivity contribution in [2.75, 3.05) is 26.7 Å². The summed E-state index contributed by atoms with van der Waals surface area (Å²) in [6, 6.07) is 0.706. The summed E-state index contributed by atoms with van der Waals surface area (Å²) in [5.74, 6) is 0. The van der Waals surface area contributed by atoms with Gasteiger partial charge in [-0.25, -0.2) is 0 Å². The maximum atomic E-state index is 3.19. The number of rotatable bonds is 9. The third kappa shape index (κ3) is 7.34. The Hall–Kier alpha value is -0.0800. The first kappa shape index (κ1) is 13.9. The van der Waals surface area contributed by atoms with E-state index >= 15 is 0 Å². The van der Waals surface area contributed by atoms with Crippen LogP contribution in [0.4, 0.5) is 0 Å². The summed E-state index contributed by atoms with van der Waals surface area (Å²) in [7, 11) is 2.03. The topological polar surface area (TPSA) is 15.3 Å². The van der Waals surface area contributed by atoms with E-state index in [4.69, 9.17) is 0 Å². The van der Waals surface area contributed by atoms with Gasteiger partial charge in [-0.15, -0.1) is 0 Å². The Morgan fingerprint density at radius 2 is 1.71 bits per heavy atom. The maximum absolute atomic E-state index is 3.19. The van der Waals surface area contributed by atoms with Gasteiger partial charge in [0.05, 0.1) is 0 Å². The lowest BCUT2D eigenvalue weighted by Gasteiger charge is -2.24. The van der Waals surface area contributed by atoms with Crippen LogP contribution in [-0.2, 0) is 0 Å². The lowest BCUT2D eigenvalue weighted by Crippen LogP contribution is -2.31. The molecule has 0 unspecified atom stereocenters. The SMILES string of the molecule is CCN(CCCCCCNC)C(C)C. The lowest BCUT2D eigenvalue weighted by molar-refractivity contribution is 0.228. The van der Waals surface area contributed by atoms with E-state index in [2.05, 4.69) is 31.0 Å². The number of nitrogens with one attached hydrogen (secondary N) is 1. The summed E-state index contributed by atoms with van der Waals surface area (Å²) in [4.78, 5) is 2.54. The molecule has 0 aromatic rings. The Labute approximate surface area is 90.1 Å². The van der Waals surface area contributed by atoms with Crippen LogP contribution in [0.1, 0.15) is 46.5 Å². The third-order valence-corrected chi connectivity index (χ3v) is 2.76. The van der Waals surface area contributed by atoms with Gasteiger partial charge < -0.3 is 10.2 Å². The van der Waals surface area contributed by atoms with Crippen LogP contribution in [0.25, 0.3) is 0 Å². The number of unbranched alkanes of at least 4 members (excludes halogenated alkanes) is 3. The van der Waals surface area contributed by atoms with Gasteiger partial charge in [0.15, 0.2) is 0 Å². The zero-order chi connectivity index (χ0) is 10.8. The molecule has 0 heterocycles. The average Bonchev–Trinajstić information content (AvgIpc) is 2.16. The van der Waals surface area contributed by atoms with Crippen LogP contribution in [-0.4, -0.2) is 37.6 Å². The van der Waals surface area contributed by atoms with E-state index in [9.17, 15) is 0 Å². The van der Waals surface area contributed by atoms with Crippen molar-refractivity contribution in [2.24, 2.45) is 0 Å². The summed E-state index contributed by atoms with van der Waals surface area (Å²) in [5.41, 5.74) is 0. The number of hydrogen-bond donors (Lipinski definition) is 1. The second kappa shape index (κ2) is 9.47. The van der Waals surface area contributed by atoms with E-state index in [0.717, 1.165) is 0 Å². The first-order chi connectivity index (χ1) is 6.72. The van der Waals surface area contributed by atoms with Crippen molar-refractivity contribution in [3.63, 3.8) is 0 Å². The highest BCUT2D eigenvalue weighted by molar-refractivity contribution is 4.60. The van der Waals surface area contributed by atoms with E-state index in [0.29, 0.717) is 6.04 Å². The molecule has 2 heteroatoms. The predicted octanol–water partition coefficient (Wildman–Crippen LogP) is 2.50. The van der Waals surface area contributed by atoms with Crippen LogP contribution in [0.5, 0.6) is 0 Å². The Morgan fingerprint density at radius 1 is 1.07 bits per heavy atom. The Morgan fingerprint density at radius 3 is 2.21 bits per heavy atom. The van der Waals surface area contributed by atoms with Gasteiger partial charge in [0.1, 0.15) is 0 Å². The molecule has 0 bridgehead atoms. The molecular weight excluding hydrogens is 172 g/mol. The molecule has 14 heavy (non-hydrogen) atoms. The average molecular weight is 200 g/mol. The Balaban J connectivity index is 3.25. The van der Waals surface area contributed by atoms with Gasteiger partial charge in [0, 0.05) is 6.04 Å². The van der Waals surface area contributed by atoms with E-state index < -0.39 is 0 Å². The summed E-state index contributed by atoms with van der Waals surface area (Å²) in [6.07, 6.45) is 5.43. The number of nitrogens with zero attached hydrogens (tertiary/aromatic N) is 1. The molecule has 0 aliphatic heterocycles. The second-order valence-corrected chi connectivity index (χ2v) is 4.24. The predicted molar refractivity (Wildman–Crippen MR) is 64.8 cm³/mol. The van der Waals surface area contributed by atoms with Gasteiger partial charge in [-0.2, -0.15) is 0 Å². The Kier molecular flexibility index (Phi) is 9.42. The van der Waals surface area contributed by atoms with Gasteiger partial charge in [-0.1, -0.05) is 19.8 Å². The van der Waals surface area contributed by atoms with Crippen LogP contribution in [0.15, 0.2) is 0 Å². The standard InChI is InChI=1S/C12H28N2/c1-5-14(12(2)3)11-9-7-6-8-10-13-4/h12-13H,5-11H2,1-4H3. The molecule has 0 aliphatic carbocycles. The third-order valence-electron chi connectivity index (χ3n) is 2.76. The maximum Gasteiger partial charge on any atom is 0.00384 e. The van der Waals surface area contributed by atoms with Gasteiger partial charge in [-0.3, -0.25) is 0 Å². The summed E-state index contributed by atoms with van der Waals surface area (Å²) >= 11 is 0. The van der Waals surface area contributed by atoms with Crippen molar-refractivity contribution < 1.29 is 0 Å². The van der Waals surface area contributed by atoms with Crippen LogP contribution in [0, 0.1) is 0 Å². The molecule has 0 spiro atoms. The normalized spacial score (nSPS) is 11.6. The minimum Gasteiger partial charge on any atom is -0.320 e. The fourth-order valence-electron chi connectivity index (χ4n) is 1.75. The highest BCUT2D eigenvalue weighted by Gasteiger charge is 2.04. The molecular formula is C12H28N2. The lowest BCUT2D eigenvalue weighted by atomic mass is 10.1. The molecule has 0 saturated carbocycles. The van der Waals surface area contributed by atoms with E-state index in [1.807, 2.05) is 7.05 Å². The molecule has 0 amide bonds. The van der Waals surface area contributed by atoms with E-state index in [1.165, 1.54) is 45.3 Å². The molecule has 0 aliphatic rings. The van der Waals surface area contributed by atoms with Gasteiger partial charge in [-0.05, 0) is 53.4 Å². The molecule has 2 nitrogen and oxygen atoms in total. The Bertz CT molecular complexity index is 113. The molecule has 1 N–H and O–H groups in total. The smallest absolute Gasteiger partial charge is 0.00384 e. The quantitative estimate of drug-likeness (QED) is 0.575. The fraction of sp³-hybridized carbons (Fsp3) is 1.00. The van der Waals surface area contributed by atoms with Crippen LogP contribution < -0.4 is 5.32 Å². The van der Waals surface area contributed by atoms with Crippen LogP contribution in [0.3, 0.4) is 0 Å². The molecule has 0 fully saturated rings. The van der Waals surface area contributed by atoms with Crippen molar-refractivity contribution in [1.82, 2.24) is 10.2 Å². The van der Waals surface area contributed by atoms with Crippen molar-refractivity contribution >= 4 is 0 Å². The molecule has 0 saturated heterocycles. The van der Waals surface area contributed by atoms with Crippen molar-refractivity contribution in [3.8, 4) is 0 Å². The minimum atomic E-state index is 0.706. The highest BCUT2D eigenvalue weighted by Crippen LogP contribution is 2.04. The molecule has 0 aromatic heterocycles. The highest BCUT2D eigenvalue weighted by atomic mass is 15.1. The largest absolute Gasteiger partial charge is 0.320 e. The van der Waals surface area contributed by atoms with Gasteiger partial charge >= 0.3 is 0 Å². The zero-order valence-corrected chi connectivity index (χ0v) is 10.5. The first-order valence-corrected chi connectivity index (χ1v) is 6.11. The summed E-state index contributed by atoms with van der Waals surface area (Å²) < 4.78 is 0. The first-order valence-electron chi connectivity index (χ1n) is 6.11. The van der Waals surface area contributed by atoms with Crippen LogP contribution in [0.2, 0.25) is 0 Å². The van der Waals surface area contributed by atoms with E-state index in [-0.39, 0.29) is 0 Å². The van der Waals surface area contributed by atoms with Crippen LogP contribution >= 0.6 is 0 Å². The minimum absolute atomic E-state index is 0.706. The summed E-state index contributed by atoms with van der Waals surface area (Å²) in [5, 5.41) is 3.19. The second-order valence-electron chi connectivity index (χ2n) is 4.24. The monoisotopic (exact) mass is 200 g/mol. The van der Waals surface area contributed by atoms with Gasteiger partial charge in [0.25, 0.3) is 0 Å². The fourth-order valence-corrected chi connectivity index (χ4v) is 1.75. The van der Waals surface area contributed by atoms with Crippen molar-refractivity contribution in [2.45, 2.75) is 52.5 Å². The molecule has 0 rings (SSSR count). The number of hydrogen-bond acceptors (Lipinski definition) is 2. The molecule has 0 atom stereocenters. The van der Waals surface area contributed by atoms with Crippen molar-refractivity contribution in [1.29, 1.82) is 0 Å². The van der Waals surface area contributed by atoms with Gasteiger partial charge in [0.2, 0.25) is 0 Å². The van der Waals surface area contributed by atoms with E-state index in [1.54, 1.807) is 0 Å². The van der Waals surface area contributed by atoms with Crippen molar-refractivity contribution in [3.05, 3.63) is 0 Å². The summed E-state index contributed by atoms with van der Waals surface area (Å²) in [6.45, 7) is 10.4. The zero-order valence-electron chi connectivity index (χ0n) is 10.5. The molecule has 0 radical (unpaired) electrons. The molecule has 86 valence electrons. The molecule has 0 aromatic carbocycles.